The maximum absolute atomic E-state index is 13.2. The van der Waals surface area contributed by atoms with Crippen molar-refractivity contribution >= 4 is 16.9 Å². The first kappa shape index (κ1) is 25.0. The monoisotopic (exact) mass is 517 g/mol. The highest BCUT2D eigenvalue weighted by Gasteiger charge is 2.28. The lowest BCUT2D eigenvalue weighted by atomic mass is 9.87. The van der Waals surface area contributed by atoms with Crippen LogP contribution >= 0.6 is 0 Å². The summed E-state index contributed by atoms with van der Waals surface area (Å²) in [7, 11) is 1.56. The molecular formula is C29H27NO8. The Morgan fingerprint density at radius 3 is 2.68 bits per heavy atom. The van der Waals surface area contributed by atoms with Crippen molar-refractivity contribution in [1.82, 2.24) is 5.32 Å². The predicted octanol–water partition coefficient (Wildman–Crippen LogP) is 4.47. The third-order valence-corrected chi connectivity index (χ3v) is 6.37. The van der Waals surface area contributed by atoms with Gasteiger partial charge in [-0.2, -0.15) is 0 Å². The number of carbonyl (C=O) groups excluding carboxylic acids is 1. The molecule has 1 aromatic heterocycles. The van der Waals surface area contributed by atoms with Crippen LogP contribution in [0.1, 0.15) is 36.0 Å². The summed E-state index contributed by atoms with van der Waals surface area (Å²) in [5.74, 6) is 0.898. The molecule has 0 aliphatic carbocycles. The largest absolute Gasteiger partial charge is 0.507 e. The van der Waals surface area contributed by atoms with Gasteiger partial charge in [-0.25, -0.2) is 4.79 Å². The third-order valence-electron chi connectivity index (χ3n) is 6.37. The smallest absolute Gasteiger partial charge is 0.343 e. The third kappa shape index (κ3) is 4.95. The first-order valence-corrected chi connectivity index (χ1v) is 12.2. The molecule has 1 aliphatic rings. The van der Waals surface area contributed by atoms with Gasteiger partial charge in [0.2, 0.25) is 12.7 Å². The molecule has 0 spiro atoms. The molecule has 4 aromatic rings. The molecule has 0 unspecified atom stereocenters. The van der Waals surface area contributed by atoms with Gasteiger partial charge in [0, 0.05) is 18.9 Å². The van der Waals surface area contributed by atoms with E-state index in [0.717, 1.165) is 5.56 Å². The average molecular weight is 518 g/mol. The van der Waals surface area contributed by atoms with Gasteiger partial charge in [0.05, 0.1) is 24.7 Å². The second kappa shape index (κ2) is 10.8. The molecule has 196 valence electrons. The van der Waals surface area contributed by atoms with Crippen LogP contribution in [0, 0.1) is 0 Å². The fraction of sp³-hybridized carbons (Fsp3) is 0.241. The number of hydrogen-bond donors (Lipinski definition) is 2. The van der Waals surface area contributed by atoms with E-state index in [0.29, 0.717) is 40.6 Å². The Bertz CT molecular complexity index is 1540. The molecule has 38 heavy (non-hydrogen) atoms. The van der Waals surface area contributed by atoms with Crippen molar-refractivity contribution < 1.29 is 33.3 Å². The van der Waals surface area contributed by atoms with Crippen LogP contribution < -0.4 is 29.9 Å². The highest BCUT2D eigenvalue weighted by molar-refractivity contribution is 5.85. The zero-order valence-corrected chi connectivity index (χ0v) is 21.0. The summed E-state index contributed by atoms with van der Waals surface area (Å²) in [5, 5.41) is 14.4. The minimum Gasteiger partial charge on any atom is -0.507 e. The maximum Gasteiger partial charge on any atom is 0.343 e. The Morgan fingerprint density at radius 2 is 1.87 bits per heavy atom. The lowest BCUT2D eigenvalue weighted by Gasteiger charge is -2.19. The molecule has 0 bridgehead atoms. The van der Waals surface area contributed by atoms with Crippen molar-refractivity contribution in [2.45, 2.75) is 25.8 Å². The highest BCUT2D eigenvalue weighted by Crippen LogP contribution is 2.40. The van der Waals surface area contributed by atoms with Gasteiger partial charge >= 0.3 is 5.63 Å². The van der Waals surface area contributed by atoms with Gasteiger partial charge in [-0.1, -0.05) is 24.3 Å². The van der Waals surface area contributed by atoms with Crippen molar-refractivity contribution in [2.24, 2.45) is 0 Å². The Hall–Kier alpha value is -4.66. The number of carbonyl (C=O) groups is 1. The summed E-state index contributed by atoms with van der Waals surface area (Å²) in [4.78, 5) is 26.3. The van der Waals surface area contributed by atoms with Crippen molar-refractivity contribution in [2.75, 3.05) is 20.5 Å². The van der Waals surface area contributed by atoms with Crippen LogP contribution in [0.4, 0.5) is 0 Å². The van der Waals surface area contributed by atoms with E-state index in [4.69, 9.17) is 23.4 Å². The summed E-state index contributed by atoms with van der Waals surface area (Å²) in [6.07, 6.45) is -0.120. The first-order valence-electron chi connectivity index (χ1n) is 12.2. The lowest BCUT2D eigenvalue weighted by molar-refractivity contribution is -0.121. The second-order valence-electron chi connectivity index (χ2n) is 8.71. The van der Waals surface area contributed by atoms with Crippen LogP contribution in [0.2, 0.25) is 0 Å². The summed E-state index contributed by atoms with van der Waals surface area (Å²) < 4.78 is 27.4. The number of amides is 1. The number of para-hydroxylation sites is 1. The van der Waals surface area contributed by atoms with Gasteiger partial charge in [-0.15, -0.1) is 0 Å². The van der Waals surface area contributed by atoms with Gasteiger partial charge in [0.25, 0.3) is 0 Å². The number of ether oxygens (including phenoxy) is 4. The van der Waals surface area contributed by atoms with Gasteiger partial charge in [-0.3, -0.25) is 4.79 Å². The van der Waals surface area contributed by atoms with Crippen molar-refractivity contribution in [1.29, 1.82) is 0 Å². The van der Waals surface area contributed by atoms with E-state index in [1.165, 1.54) is 0 Å². The Morgan fingerprint density at radius 1 is 1.05 bits per heavy atom. The molecule has 0 radical (unpaired) electrons. The van der Waals surface area contributed by atoms with E-state index < -0.39 is 11.5 Å². The molecule has 1 aliphatic heterocycles. The summed E-state index contributed by atoms with van der Waals surface area (Å²) in [6.45, 7) is 2.66. The quantitative estimate of drug-likeness (QED) is 0.313. The van der Waals surface area contributed by atoms with Gasteiger partial charge in [0.15, 0.2) is 23.0 Å². The zero-order chi connectivity index (χ0) is 26.6. The Labute approximate surface area is 218 Å². The summed E-state index contributed by atoms with van der Waals surface area (Å²) in [5.41, 5.74) is 0.965. The van der Waals surface area contributed by atoms with Crippen molar-refractivity contribution in [3.05, 3.63) is 87.8 Å². The van der Waals surface area contributed by atoms with E-state index in [1.807, 2.05) is 19.1 Å². The minimum absolute atomic E-state index is 0.000736. The van der Waals surface area contributed by atoms with E-state index in [9.17, 15) is 14.7 Å². The number of aromatic hydroxyl groups is 1. The molecule has 0 saturated carbocycles. The van der Waals surface area contributed by atoms with Crippen molar-refractivity contribution in [3.63, 3.8) is 0 Å². The lowest BCUT2D eigenvalue weighted by Crippen LogP contribution is -2.26. The molecule has 1 amide bonds. The predicted molar refractivity (Wildman–Crippen MR) is 139 cm³/mol. The standard InChI is InChI=1S/C29H27NO8/c1-3-35-24-12-17(8-10-22(24)34-2)15-30-26(31)14-20(18-9-11-23-25(13-18)37-16-36-23)27-28(32)19-6-4-5-7-21(19)38-29(27)33/h4-13,20,32H,3,14-16H2,1-2H3,(H,30,31)/t20-/m0/s1. The maximum atomic E-state index is 13.2. The summed E-state index contributed by atoms with van der Waals surface area (Å²) >= 11 is 0. The molecule has 5 rings (SSSR count). The molecule has 0 saturated heterocycles. The fourth-order valence-corrected chi connectivity index (χ4v) is 4.53. The molecular weight excluding hydrogens is 490 g/mol. The van der Waals surface area contributed by atoms with Gasteiger partial charge in [-0.05, 0) is 54.4 Å². The minimum atomic E-state index is -0.805. The van der Waals surface area contributed by atoms with E-state index in [-0.39, 0.29) is 42.6 Å². The van der Waals surface area contributed by atoms with E-state index >= 15 is 0 Å². The number of methoxy groups -OCH3 is 1. The van der Waals surface area contributed by atoms with Crippen molar-refractivity contribution in [3.8, 4) is 28.7 Å². The van der Waals surface area contributed by atoms with Crippen LogP contribution in [0.15, 0.2) is 69.9 Å². The molecule has 2 heterocycles. The number of fused-ring (bicyclic) bond motifs is 2. The van der Waals surface area contributed by atoms with Gasteiger partial charge in [0.1, 0.15) is 11.3 Å². The van der Waals surface area contributed by atoms with E-state index in [2.05, 4.69) is 5.32 Å². The number of benzene rings is 3. The Balaban J connectivity index is 1.45. The number of rotatable bonds is 9. The number of hydrogen-bond acceptors (Lipinski definition) is 8. The van der Waals surface area contributed by atoms with Crippen LogP contribution in [0.3, 0.4) is 0 Å². The molecule has 1 atom stereocenters. The van der Waals surface area contributed by atoms with E-state index in [1.54, 1.807) is 55.6 Å². The molecule has 3 aromatic carbocycles. The van der Waals surface area contributed by atoms with Crippen LogP contribution in [0.25, 0.3) is 11.0 Å². The average Bonchev–Trinajstić information content (AvgIpc) is 3.40. The van der Waals surface area contributed by atoms with Crippen LogP contribution in [-0.2, 0) is 11.3 Å². The van der Waals surface area contributed by atoms with Gasteiger partial charge < -0.3 is 33.8 Å². The zero-order valence-electron chi connectivity index (χ0n) is 21.0. The topological polar surface area (TPSA) is 116 Å². The molecule has 0 fully saturated rings. The normalized spacial score (nSPS) is 12.8. The molecule has 9 nitrogen and oxygen atoms in total. The molecule has 2 N–H and O–H groups in total. The number of nitrogens with one attached hydrogen (secondary N) is 1. The van der Waals surface area contributed by atoms with Crippen LogP contribution in [0.5, 0.6) is 28.7 Å². The highest BCUT2D eigenvalue weighted by atomic mass is 16.7. The van der Waals surface area contributed by atoms with Crippen LogP contribution in [-0.4, -0.2) is 31.5 Å². The summed E-state index contributed by atoms with van der Waals surface area (Å²) in [6, 6.07) is 17.3. The fourth-order valence-electron chi connectivity index (χ4n) is 4.53. The molecule has 9 heteroatoms. The first-order chi connectivity index (χ1) is 18.5. The Kier molecular flexibility index (Phi) is 7.08. The SMILES string of the molecule is CCOc1cc(CNC(=O)C[C@@H](c2ccc3c(c2)OCO3)c2c(O)c3ccccc3oc2=O)ccc1OC. The second-order valence-corrected chi connectivity index (χ2v) is 8.71.